The molecule has 32 nitrogen and oxygen atoms in total. The molecule has 4 saturated heterocycles. The number of anilines is 3. The van der Waals surface area contributed by atoms with E-state index in [1.54, 1.807) is 24.3 Å². The van der Waals surface area contributed by atoms with Crippen LogP contribution >= 0.6 is 10.7 Å². The van der Waals surface area contributed by atoms with Crippen LogP contribution in [0.15, 0.2) is 178 Å². The molecule has 2 aromatic heterocycles. The van der Waals surface area contributed by atoms with Gasteiger partial charge in [0, 0.05) is 58.2 Å². The molecule has 0 radical (unpaired) electrons. The summed E-state index contributed by atoms with van der Waals surface area (Å²) < 4.78 is 120. The molecule has 0 atom stereocenters. The van der Waals surface area contributed by atoms with E-state index >= 15 is 0 Å². The van der Waals surface area contributed by atoms with E-state index in [9.17, 15) is 63.5 Å². The first-order valence-electron chi connectivity index (χ1n) is 28.9. The number of carbonyl (C=O) groups is 2. The monoisotopic (exact) mass is 1450 g/mol. The third-order valence-electron chi connectivity index (χ3n) is 13.8. The number of hydrogen-bond donors (Lipinski definition) is 8. The van der Waals surface area contributed by atoms with Crippen LogP contribution in [0, 0.1) is 34.1 Å². The van der Waals surface area contributed by atoms with Gasteiger partial charge in [-0.15, -0.1) is 0 Å². The van der Waals surface area contributed by atoms with Crippen molar-refractivity contribution >= 4 is 90.3 Å². The zero-order valence-electron chi connectivity index (χ0n) is 52.0. The number of Topliss-reactive ketones (excluding diaryl/α,β-unsaturated/α-hetero) is 1. The Morgan fingerprint density at radius 3 is 1.13 bits per heavy atom. The number of ketones is 1. The summed E-state index contributed by atoms with van der Waals surface area (Å²) >= 11 is 0. The second kappa shape index (κ2) is 34.2. The summed E-state index contributed by atoms with van der Waals surface area (Å²) in [6, 6.07) is 36.4. The predicted molar refractivity (Wildman–Crippen MR) is 358 cm³/mol. The summed E-state index contributed by atoms with van der Waals surface area (Å²) in [6.07, 6.45) is 3.03. The van der Waals surface area contributed by atoms with Crippen LogP contribution in [-0.2, 0) is 64.5 Å². The third-order valence-corrected chi connectivity index (χ3v) is 19.8. The van der Waals surface area contributed by atoms with Crippen LogP contribution in [0.3, 0.4) is 0 Å². The minimum absolute atomic E-state index is 0.00926. The molecule has 12 N–H and O–H groups in total. The van der Waals surface area contributed by atoms with Gasteiger partial charge >= 0.3 is 5.97 Å². The van der Waals surface area contributed by atoms with E-state index in [1.807, 2.05) is 62.4 Å². The van der Waals surface area contributed by atoms with E-state index in [0.29, 0.717) is 68.3 Å². The Labute approximate surface area is 567 Å². The number of nitrogens with zero attached hydrogens (tertiary/aromatic N) is 6. The number of nitrogen functional groups attached to an aromatic ring is 3. The first-order chi connectivity index (χ1) is 46.3. The summed E-state index contributed by atoms with van der Waals surface area (Å²) in [5.74, 6) is -1.48. The van der Waals surface area contributed by atoms with Crippen LogP contribution in [-0.4, -0.2) is 157 Å². The van der Waals surface area contributed by atoms with Crippen LogP contribution in [0.25, 0.3) is 22.5 Å². The van der Waals surface area contributed by atoms with Gasteiger partial charge in [-0.05, 0) is 80.1 Å². The van der Waals surface area contributed by atoms with Crippen LogP contribution in [0.4, 0.5) is 28.7 Å². The maximum absolute atomic E-state index is 12.8. The highest BCUT2D eigenvalue weighted by Gasteiger charge is 2.29. The molecule has 12 rings (SSSR count). The number of aromatic nitrogens is 4. The topological polar surface area (TPSA) is 506 Å². The molecule has 37 heteroatoms. The molecule has 0 bridgehead atoms. The van der Waals surface area contributed by atoms with Gasteiger partial charge in [0.15, 0.2) is 23.1 Å². The van der Waals surface area contributed by atoms with Crippen molar-refractivity contribution in [2.24, 2.45) is 5.73 Å². The first-order valence-corrected chi connectivity index (χ1v) is 35.7. The predicted octanol–water partition coefficient (Wildman–Crippen LogP) is 4.95. The normalized spacial score (nSPS) is 14.6. The zero-order chi connectivity index (χ0) is 71.5. The number of carbonyl (C=O) groups excluding carboxylic acids is 1. The molecule has 6 aromatic carbocycles. The number of aromatic carboxylic acids is 1. The number of non-ortho nitro benzene ring substituents is 2. The number of benzene rings is 6. The van der Waals surface area contributed by atoms with Crippen LogP contribution in [0.1, 0.15) is 37.7 Å². The number of carboxylic acids is 1. The molecular formula is C61H66ClN13O19S4. The molecule has 4 aliphatic heterocycles. The highest BCUT2D eigenvalue weighted by Crippen LogP contribution is 2.24. The first kappa shape index (κ1) is 76.0. The third kappa shape index (κ3) is 22.6. The zero-order valence-corrected chi connectivity index (χ0v) is 56.0. The van der Waals surface area contributed by atoms with E-state index in [-0.39, 0.29) is 84.3 Å². The van der Waals surface area contributed by atoms with E-state index < -0.39 is 54.9 Å². The molecule has 98 heavy (non-hydrogen) atoms. The van der Waals surface area contributed by atoms with Gasteiger partial charge in [-0.25, -0.2) is 72.6 Å². The molecule has 4 aliphatic rings. The molecule has 520 valence electrons. The number of ether oxygens (including phenoxy) is 4. The Morgan fingerprint density at radius 1 is 0.510 bits per heavy atom. The van der Waals surface area contributed by atoms with Crippen LogP contribution < -0.4 is 37.1 Å². The Hall–Kier alpha value is -9.41. The molecule has 4 fully saturated rings. The van der Waals surface area contributed by atoms with Crippen molar-refractivity contribution in [3.05, 3.63) is 206 Å². The highest BCUT2D eigenvalue weighted by molar-refractivity contribution is 8.13. The van der Waals surface area contributed by atoms with Gasteiger partial charge in [0.1, 0.15) is 5.69 Å². The van der Waals surface area contributed by atoms with Crippen LogP contribution in [0.2, 0.25) is 0 Å². The Morgan fingerprint density at radius 2 is 0.827 bits per heavy atom. The van der Waals surface area contributed by atoms with Crippen molar-refractivity contribution in [2.75, 3.05) is 70.1 Å². The van der Waals surface area contributed by atoms with Gasteiger partial charge in [-0.1, -0.05) is 71.8 Å². The molecule has 0 amide bonds. The fourth-order valence-electron chi connectivity index (χ4n) is 8.09. The van der Waals surface area contributed by atoms with Crippen molar-refractivity contribution in [3.63, 3.8) is 0 Å². The molecule has 0 saturated carbocycles. The lowest BCUT2D eigenvalue weighted by Crippen LogP contribution is -2.48. The number of sulfonamides is 3. The second-order valence-corrected chi connectivity index (χ2v) is 29.3. The number of nitrogens with one attached hydrogen (secondary N) is 3. The van der Waals surface area contributed by atoms with Crippen molar-refractivity contribution in [1.29, 1.82) is 0 Å². The van der Waals surface area contributed by atoms with Gasteiger partial charge in [-0.3, -0.25) is 25.0 Å². The number of hydrogen-bond acceptors (Lipinski definition) is 26. The summed E-state index contributed by atoms with van der Waals surface area (Å²) in [6.45, 7) is 7.82. The fraction of sp³-hybridized carbons (Fsp3) is 0.246. The van der Waals surface area contributed by atoms with Crippen molar-refractivity contribution < 1.29 is 77.2 Å². The summed E-state index contributed by atoms with van der Waals surface area (Å²) in [4.78, 5) is 59.7. The summed E-state index contributed by atoms with van der Waals surface area (Å²) in [7, 11) is -9.46. The minimum Gasteiger partial charge on any atom is -0.476 e. The SMILES string of the molecule is Cc1ccc(-c2cnc(N)c(C(=O)Cc3ccc(S(=O)(=O)NC4COC4)cc3)n2)cc1.Cc1ccc(-c2cnc(N)c(C(=O)O)n2)cc1.NC1COC1.Nc1ccc(S(=O)(=O)NC2COC2)cc1.O=[N+]([O-])c1ccc(S(=O)(=O)Cl)cc1.O=[N+]([O-])c1ccc(S(=O)(=O)NC2COC2)cc1. The average Bonchev–Trinajstić information content (AvgIpc) is 0.839. The summed E-state index contributed by atoms with van der Waals surface area (Å²) in [5, 5.41) is 29.5. The minimum atomic E-state index is -3.80. The number of carboxylic acid groups (broad SMARTS) is 1. The molecular weight excluding hydrogens is 1380 g/mol. The van der Waals surface area contributed by atoms with Gasteiger partial charge in [0.25, 0.3) is 20.4 Å². The van der Waals surface area contributed by atoms with E-state index in [4.69, 9.17) is 57.7 Å². The second-order valence-electron chi connectivity index (χ2n) is 21.6. The average molecular weight is 1450 g/mol. The van der Waals surface area contributed by atoms with E-state index in [1.165, 1.54) is 48.8 Å². The van der Waals surface area contributed by atoms with E-state index in [0.717, 1.165) is 71.9 Å². The quantitative estimate of drug-likeness (QED) is 0.0185. The van der Waals surface area contributed by atoms with Gasteiger partial charge < -0.3 is 47.0 Å². The molecule has 8 aromatic rings. The Kier molecular flexibility index (Phi) is 26.5. The number of rotatable bonds is 18. The lowest BCUT2D eigenvalue weighted by Gasteiger charge is -2.26. The summed E-state index contributed by atoms with van der Waals surface area (Å²) in [5.41, 5.74) is 27.8. The van der Waals surface area contributed by atoms with Crippen LogP contribution in [0.5, 0.6) is 0 Å². The smallest absolute Gasteiger partial charge is 0.358 e. The van der Waals surface area contributed by atoms with Crippen molar-refractivity contribution in [1.82, 2.24) is 34.1 Å². The highest BCUT2D eigenvalue weighted by atomic mass is 35.7. The maximum Gasteiger partial charge on any atom is 0.358 e. The van der Waals surface area contributed by atoms with Gasteiger partial charge in [0.2, 0.25) is 30.1 Å². The standard InChI is InChI=1S/C22H22N4O4S.C12H11N3O2.C9H10N2O5S.C9H12N2O3S.C6H4ClNO4S.C3H7NO/c1-14-2-6-16(7-3-14)19-11-24-22(23)21(25-19)20(27)10-15-4-8-18(9-5-15)31(28,29)26-17-12-30-13-17;1-7-2-4-8(5-3-7)9-6-14-11(13)10(15-9)12(16)17;12-11(13)8-1-3-9(4-2-8)17(14,15)10-7-5-16-6-7;10-7-1-3-9(4-2-7)15(12,13)11-8-5-14-6-8;7-13(11,12)6-3-1-5(2-4-6)8(9)10;4-3-1-5-2-3/h2-9,11,17,26H,10,12-13H2,1H3,(H2,23,24);2-6H,1H3,(H2,13,14)(H,16,17);1-4,7,10H,5-6H2;1-4,8,11H,5-6,10H2;1-4H;3H,1-2,4H2. The number of aryl methyl sites for hydroxylation is 2. The number of nitrogens with two attached hydrogens (primary N) is 4. The lowest BCUT2D eigenvalue weighted by atomic mass is 10.1. The van der Waals surface area contributed by atoms with Gasteiger partial charge in [0.05, 0.1) is 130 Å². The Bertz CT molecular complexity index is 4560. The number of halogens is 1. The Balaban J connectivity index is 0.000000176. The van der Waals surface area contributed by atoms with E-state index in [2.05, 4.69) is 34.1 Å². The molecule has 0 aliphatic carbocycles. The molecule has 0 spiro atoms. The lowest BCUT2D eigenvalue weighted by molar-refractivity contribution is -0.385. The fourth-order valence-corrected chi connectivity index (χ4v) is 12.5. The maximum atomic E-state index is 12.8. The number of nitro groups is 2. The molecule has 6 heterocycles. The van der Waals surface area contributed by atoms with Crippen molar-refractivity contribution in [3.8, 4) is 22.5 Å². The number of nitro benzene ring substituents is 2. The van der Waals surface area contributed by atoms with Crippen molar-refractivity contribution in [2.45, 2.75) is 64.0 Å². The molecule has 0 unspecified atom stereocenters. The van der Waals surface area contributed by atoms with Gasteiger partial charge in [-0.2, -0.15) is 0 Å². The largest absolute Gasteiger partial charge is 0.476 e.